The van der Waals surface area contributed by atoms with Crippen molar-refractivity contribution in [2.24, 2.45) is 0 Å². The predicted molar refractivity (Wildman–Crippen MR) is 157 cm³/mol. The minimum absolute atomic E-state index is 0.177. The van der Waals surface area contributed by atoms with E-state index in [0.29, 0.717) is 35.2 Å². The van der Waals surface area contributed by atoms with Crippen LogP contribution < -0.4 is 20.6 Å². The molecule has 0 atom stereocenters. The highest BCUT2D eigenvalue weighted by molar-refractivity contribution is 5.99. The Labute approximate surface area is 227 Å². The number of amides is 1. The van der Waals surface area contributed by atoms with E-state index in [0.717, 1.165) is 0 Å². The molecule has 10 nitrogen and oxygen atoms in total. The zero-order chi connectivity index (χ0) is 29.5. The molecule has 2 rings (SSSR count). The Morgan fingerprint density at radius 2 is 1.82 bits per heavy atom. The van der Waals surface area contributed by atoms with Crippen LogP contribution in [0.5, 0.6) is 5.75 Å². The number of aromatic nitrogens is 2. The summed E-state index contributed by atoms with van der Waals surface area (Å²) in [5.74, 6) is 0.779. The van der Waals surface area contributed by atoms with E-state index in [-0.39, 0.29) is 12.3 Å². The third-order valence-corrected chi connectivity index (χ3v) is 4.78. The fraction of sp³-hybridized carbons (Fsp3) is 0.536. The summed E-state index contributed by atoms with van der Waals surface area (Å²) in [4.78, 5) is 29.4. The van der Waals surface area contributed by atoms with Gasteiger partial charge in [0.05, 0.1) is 23.7 Å². The van der Waals surface area contributed by atoms with Gasteiger partial charge in [-0.25, -0.2) is 14.2 Å². The predicted octanol–water partition coefficient (Wildman–Crippen LogP) is 6.34. The van der Waals surface area contributed by atoms with Gasteiger partial charge in [-0.05, 0) is 52.1 Å². The molecule has 1 aromatic carbocycles. The molecule has 0 saturated heterocycles. The second-order valence-electron chi connectivity index (χ2n) is 9.00. The molecule has 0 radical (unpaired) electrons. The maximum Gasteiger partial charge on any atom is 0.414 e. The average Bonchev–Trinajstić information content (AvgIpc) is 3.20. The maximum atomic E-state index is 12.7. The first kappa shape index (κ1) is 34.5. The van der Waals surface area contributed by atoms with Gasteiger partial charge >= 0.3 is 11.8 Å². The van der Waals surface area contributed by atoms with Crippen molar-refractivity contribution < 1.29 is 19.0 Å². The van der Waals surface area contributed by atoms with E-state index in [2.05, 4.69) is 30.7 Å². The van der Waals surface area contributed by atoms with E-state index < -0.39 is 17.4 Å². The highest BCUT2D eigenvalue weighted by Gasteiger charge is 2.24. The van der Waals surface area contributed by atoms with Gasteiger partial charge in [0.25, 0.3) is 0 Å². The van der Waals surface area contributed by atoms with Crippen LogP contribution in [0.15, 0.2) is 35.8 Å². The van der Waals surface area contributed by atoms with Crippen molar-refractivity contribution in [3.8, 4) is 11.4 Å². The summed E-state index contributed by atoms with van der Waals surface area (Å²) in [5.41, 5.74) is 0.226. The van der Waals surface area contributed by atoms with Crippen LogP contribution in [0.2, 0.25) is 0 Å². The number of imidazole rings is 1. The van der Waals surface area contributed by atoms with Crippen LogP contribution in [0.1, 0.15) is 73.9 Å². The molecule has 0 aliphatic heterocycles. The first-order valence-corrected chi connectivity index (χ1v) is 12.9. The molecule has 1 amide bonds. The number of anilines is 2. The van der Waals surface area contributed by atoms with Crippen molar-refractivity contribution in [2.45, 2.75) is 73.8 Å². The number of ether oxygens (including phenoxy) is 3. The highest BCUT2D eigenvalue weighted by Crippen LogP contribution is 2.32. The van der Waals surface area contributed by atoms with Gasteiger partial charge < -0.3 is 29.9 Å². The summed E-state index contributed by atoms with van der Waals surface area (Å²) >= 11 is 0. The summed E-state index contributed by atoms with van der Waals surface area (Å²) in [6, 6.07) is 4.98. The van der Waals surface area contributed by atoms with Gasteiger partial charge in [0.2, 0.25) is 0 Å². The number of nitrogens with one attached hydrogen (secondary N) is 3. The lowest BCUT2D eigenvalue weighted by atomic mass is 10.2. The van der Waals surface area contributed by atoms with Crippen molar-refractivity contribution in [1.29, 1.82) is 5.41 Å². The number of hydrogen-bond acceptors (Lipinski definition) is 7. The number of hydrogen-bond donors (Lipinski definition) is 3. The molecule has 214 valence electrons. The minimum Gasteiger partial charge on any atom is -0.489 e. The van der Waals surface area contributed by atoms with Gasteiger partial charge in [-0.3, -0.25) is 4.90 Å². The zero-order valence-electron chi connectivity index (χ0n) is 24.8. The number of unbranched alkanes of at least 4 members (excludes halogenated alkanes) is 1. The number of carbonyl (C=O) groups excluding carboxylic acids is 1. The largest absolute Gasteiger partial charge is 0.489 e. The number of rotatable bonds is 10. The van der Waals surface area contributed by atoms with E-state index in [1.54, 1.807) is 60.1 Å². The van der Waals surface area contributed by atoms with Gasteiger partial charge in [-0.15, -0.1) is 0 Å². The Balaban J connectivity index is 0.00000208. The van der Waals surface area contributed by atoms with Gasteiger partial charge in [0, 0.05) is 14.2 Å². The summed E-state index contributed by atoms with van der Waals surface area (Å²) in [6.07, 6.45) is 3.48. The van der Waals surface area contributed by atoms with E-state index >= 15 is 0 Å². The van der Waals surface area contributed by atoms with Gasteiger partial charge in [-0.1, -0.05) is 47.1 Å². The van der Waals surface area contributed by atoms with E-state index in [1.165, 1.54) is 28.5 Å². The second-order valence-corrected chi connectivity index (χ2v) is 9.00. The lowest BCUT2D eigenvalue weighted by molar-refractivity contribution is 0.0588. The number of nitrogens with zero attached hydrogens (tertiary/aromatic N) is 2. The van der Waals surface area contributed by atoms with Crippen molar-refractivity contribution >= 4 is 23.3 Å². The molecule has 0 spiro atoms. The molecule has 10 heteroatoms. The number of methoxy groups -OCH3 is 1. The lowest BCUT2D eigenvalue weighted by Gasteiger charge is -2.26. The van der Waals surface area contributed by atoms with E-state index in [1.807, 2.05) is 13.8 Å². The molecular formula is C28H47N5O5. The molecule has 0 aliphatic rings. The highest BCUT2D eigenvalue weighted by atomic mass is 16.6. The Kier molecular flexibility index (Phi) is 15.5. The van der Waals surface area contributed by atoms with Crippen LogP contribution in [-0.4, -0.2) is 54.3 Å². The third kappa shape index (κ3) is 10.5. The first-order valence-electron chi connectivity index (χ1n) is 12.9. The number of benzene rings is 1. The standard InChI is InChI=1S/C22H31N5O5.C4H10.C2H6/c1-8-24-19-18(14(2)23)25-20(28)27(19)15-9-10-17(31-12-11-30-7)16(13-15)26(6)21(29)32-22(3,4)5;1-3-4-2;1-2/h8-10,13,23-24H,1,11-12H2,2-7H3,(H,25,28);3-4H2,1-2H3;1-2H3. The van der Waals surface area contributed by atoms with E-state index in [9.17, 15) is 9.59 Å². The fourth-order valence-corrected chi connectivity index (χ4v) is 2.88. The molecule has 0 saturated carbocycles. The zero-order valence-corrected chi connectivity index (χ0v) is 24.8. The molecule has 0 aliphatic carbocycles. The Morgan fingerprint density at radius 3 is 2.29 bits per heavy atom. The maximum absolute atomic E-state index is 12.7. The van der Waals surface area contributed by atoms with Crippen LogP contribution in [0, 0.1) is 5.41 Å². The summed E-state index contributed by atoms with van der Waals surface area (Å²) in [5, 5.41) is 10.9. The van der Waals surface area contributed by atoms with Crippen LogP contribution >= 0.6 is 0 Å². The first-order chi connectivity index (χ1) is 17.9. The van der Waals surface area contributed by atoms with Crippen LogP contribution in [0.3, 0.4) is 0 Å². The molecule has 0 fully saturated rings. The number of H-pyrrole nitrogens is 1. The fourth-order valence-electron chi connectivity index (χ4n) is 2.88. The smallest absolute Gasteiger partial charge is 0.414 e. The van der Waals surface area contributed by atoms with Crippen molar-refractivity contribution in [3.63, 3.8) is 0 Å². The Morgan fingerprint density at radius 1 is 1.21 bits per heavy atom. The van der Waals surface area contributed by atoms with E-state index in [4.69, 9.17) is 19.6 Å². The number of aromatic amines is 1. The Hall–Kier alpha value is -3.53. The summed E-state index contributed by atoms with van der Waals surface area (Å²) in [7, 11) is 3.13. The molecule has 38 heavy (non-hydrogen) atoms. The van der Waals surface area contributed by atoms with Gasteiger partial charge in [-0.2, -0.15) is 0 Å². The minimum atomic E-state index is -0.685. The molecule has 0 bridgehead atoms. The van der Waals surface area contributed by atoms with Crippen LogP contribution in [0.25, 0.3) is 5.69 Å². The number of carbonyl (C=O) groups is 1. The Bertz CT molecular complexity index is 1080. The van der Waals surface area contributed by atoms with Gasteiger partial charge in [0.15, 0.2) is 0 Å². The third-order valence-electron chi connectivity index (χ3n) is 4.78. The quantitative estimate of drug-likeness (QED) is 0.242. The molecular weight excluding hydrogens is 486 g/mol. The van der Waals surface area contributed by atoms with Crippen LogP contribution in [0.4, 0.5) is 16.3 Å². The molecule has 1 aromatic heterocycles. The normalized spacial score (nSPS) is 10.3. The average molecular weight is 534 g/mol. The lowest BCUT2D eigenvalue weighted by Crippen LogP contribution is -2.34. The second kappa shape index (κ2) is 17.1. The molecule has 0 unspecified atom stereocenters. The van der Waals surface area contributed by atoms with Crippen molar-refractivity contribution in [3.05, 3.63) is 47.2 Å². The molecule has 2 aromatic rings. The van der Waals surface area contributed by atoms with Crippen molar-refractivity contribution in [1.82, 2.24) is 9.55 Å². The molecule has 1 heterocycles. The van der Waals surface area contributed by atoms with Gasteiger partial charge in [0.1, 0.15) is 29.5 Å². The van der Waals surface area contributed by atoms with Crippen molar-refractivity contribution in [2.75, 3.05) is 37.6 Å². The summed E-state index contributed by atoms with van der Waals surface area (Å²) in [6.45, 7) is 19.5. The topological polar surface area (TPSA) is 122 Å². The monoisotopic (exact) mass is 533 g/mol. The SMILES string of the molecule is C=CNc1c(C(C)=N)[nH]c(=O)n1-c1ccc(OCCOC)c(N(C)C(=O)OC(C)(C)C)c1.CC.CCCC. The summed E-state index contributed by atoms with van der Waals surface area (Å²) < 4.78 is 17.7. The van der Waals surface area contributed by atoms with Crippen LogP contribution in [-0.2, 0) is 9.47 Å². The molecule has 3 N–H and O–H groups in total.